The molecule has 0 bridgehead atoms. The molecule has 0 saturated heterocycles. The van der Waals surface area contributed by atoms with Crippen LogP contribution >= 0.6 is 0 Å². The van der Waals surface area contributed by atoms with E-state index < -0.39 is 6.10 Å². The maximum absolute atomic E-state index is 12.9. The zero-order valence-corrected chi connectivity index (χ0v) is 46.0. The van der Waals surface area contributed by atoms with E-state index in [1.807, 2.05) is 0 Å². The van der Waals surface area contributed by atoms with Crippen molar-refractivity contribution in [1.29, 1.82) is 0 Å². The largest absolute Gasteiger partial charge is 0.462 e. The van der Waals surface area contributed by atoms with Crippen molar-refractivity contribution >= 4 is 11.9 Å². The van der Waals surface area contributed by atoms with Crippen LogP contribution in [0.3, 0.4) is 0 Å². The molecule has 5 nitrogen and oxygen atoms in total. The van der Waals surface area contributed by atoms with Crippen LogP contribution in [0, 0.1) is 0 Å². The Kier molecular flexibility index (Phi) is 56.9. The lowest BCUT2D eigenvalue weighted by molar-refractivity contribution is -0.162. The second-order valence-electron chi connectivity index (χ2n) is 19.2. The highest BCUT2D eigenvalue weighted by Gasteiger charge is 2.17. The van der Waals surface area contributed by atoms with Crippen molar-refractivity contribution in [2.75, 3.05) is 19.8 Å². The van der Waals surface area contributed by atoms with Crippen LogP contribution in [0.4, 0.5) is 0 Å². The zero-order valence-electron chi connectivity index (χ0n) is 46.0. The minimum absolute atomic E-state index is 0.0529. The van der Waals surface area contributed by atoms with E-state index in [0.29, 0.717) is 19.4 Å². The standard InChI is InChI=1S/C65H110O5/c1-4-7-10-13-16-19-22-25-28-31-33-35-37-40-43-46-49-52-55-58-64(66)69-62-63(61-68-60-57-54-51-48-45-42-39-36-32-29-26-23-20-17-14-11-8-5-2)70-65(67)59-56-53-50-47-44-41-38-34-30-27-24-21-18-15-12-9-6-3/h9,12,16-21,25-30,38,41,47,50,63H,4-8,10-11,13-15,22-24,31-37,39-40,42-46,48-49,51-62H2,1-3H3/b12-9-,19-16-,20-17-,21-18-,28-25-,29-26-,30-27-,41-38-,50-47-. The van der Waals surface area contributed by atoms with Gasteiger partial charge >= 0.3 is 11.9 Å². The van der Waals surface area contributed by atoms with Crippen molar-refractivity contribution in [2.24, 2.45) is 0 Å². The van der Waals surface area contributed by atoms with Crippen LogP contribution in [0.1, 0.15) is 265 Å². The van der Waals surface area contributed by atoms with Crippen LogP contribution in [0.5, 0.6) is 0 Å². The fraction of sp³-hybridized carbons (Fsp3) is 0.692. The first-order chi connectivity index (χ1) is 34.6. The van der Waals surface area contributed by atoms with E-state index in [0.717, 1.165) is 89.9 Å². The number of esters is 2. The van der Waals surface area contributed by atoms with Crippen LogP contribution < -0.4 is 0 Å². The van der Waals surface area contributed by atoms with Gasteiger partial charge in [-0.3, -0.25) is 9.59 Å². The van der Waals surface area contributed by atoms with Crippen molar-refractivity contribution in [1.82, 2.24) is 0 Å². The van der Waals surface area contributed by atoms with E-state index in [1.165, 1.54) is 141 Å². The van der Waals surface area contributed by atoms with Gasteiger partial charge in [-0.25, -0.2) is 0 Å². The molecule has 0 aromatic carbocycles. The Morgan fingerprint density at radius 2 is 0.657 bits per heavy atom. The molecule has 0 heterocycles. The molecule has 1 unspecified atom stereocenters. The Morgan fingerprint density at radius 1 is 0.329 bits per heavy atom. The fourth-order valence-corrected chi connectivity index (χ4v) is 7.90. The molecule has 1 atom stereocenters. The molecule has 5 heteroatoms. The molecule has 0 fully saturated rings. The van der Waals surface area contributed by atoms with Crippen LogP contribution in [0.2, 0.25) is 0 Å². The summed E-state index contributed by atoms with van der Waals surface area (Å²) in [5.74, 6) is -0.472. The number of carbonyl (C=O) groups is 2. The number of rotatable bonds is 53. The second kappa shape index (κ2) is 59.9. The number of carbonyl (C=O) groups excluding carboxylic acids is 2. The normalized spacial score (nSPS) is 13.0. The Hall–Kier alpha value is -3.44. The lowest BCUT2D eigenvalue weighted by atomic mass is 10.1. The summed E-state index contributed by atoms with van der Waals surface area (Å²) in [5, 5.41) is 0. The number of hydrogen-bond donors (Lipinski definition) is 0. The number of allylic oxidation sites excluding steroid dienone is 18. The molecule has 0 aromatic rings. The number of unbranched alkanes of at least 4 members (excludes halogenated alkanes) is 24. The Morgan fingerprint density at radius 3 is 1.07 bits per heavy atom. The second-order valence-corrected chi connectivity index (χ2v) is 19.2. The van der Waals surface area contributed by atoms with Crippen LogP contribution in [0.25, 0.3) is 0 Å². The monoisotopic (exact) mass is 971 g/mol. The van der Waals surface area contributed by atoms with E-state index in [1.54, 1.807) is 0 Å². The third kappa shape index (κ3) is 57.1. The summed E-state index contributed by atoms with van der Waals surface area (Å²) in [6, 6.07) is 0. The predicted molar refractivity (Wildman–Crippen MR) is 306 cm³/mol. The van der Waals surface area contributed by atoms with Crippen LogP contribution in [-0.2, 0) is 23.8 Å². The molecule has 70 heavy (non-hydrogen) atoms. The summed E-state index contributed by atoms with van der Waals surface area (Å²) in [6.45, 7) is 7.60. The van der Waals surface area contributed by atoms with Gasteiger partial charge in [-0.2, -0.15) is 0 Å². The van der Waals surface area contributed by atoms with Gasteiger partial charge in [0.1, 0.15) is 6.61 Å². The maximum atomic E-state index is 12.9. The van der Waals surface area contributed by atoms with E-state index >= 15 is 0 Å². The van der Waals surface area contributed by atoms with Gasteiger partial charge < -0.3 is 14.2 Å². The molecule has 0 radical (unpaired) electrons. The van der Waals surface area contributed by atoms with E-state index in [4.69, 9.17) is 14.2 Å². The highest BCUT2D eigenvalue weighted by atomic mass is 16.6. The number of ether oxygens (including phenoxy) is 3. The third-order valence-corrected chi connectivity index (χ3v) is 12.3. The summed E-state index contributed by atoms with van der Waals surface area (Å²) < 4.78 is 17.4. The number of hydrogen-bond acceptors (Lipinski definition) is 5. The van der Waals surface area contributed by atoms with Gasteiger partial charge in [0, 0.05) is 19.4 Å². The van der Waals surface area contributed by atoms with Crippen molar-refractivity contribution < 1.29 is 23.8 Å². The lowest BCUT2D eigenvalue weighted by Gasteiger charge is -2.18. The minimum Gasteiger partial charge on any atom is -0.462 e. The molecular formula is C65H110O5. The molecule has 0 saturated carbocycles. The molecule has 0 amide bonds. The average molecular weight is 972 g/mol. The molecule has 400 valence electrons. The maximum Gasteiger partial charge on any atom is 0.306 e. The zero-order chi connectivity index (χ0) is 50.6. The summed E-state index contributed by atoms with van der Waals surface area (Å²) in [6.07, 6.45) is 82.6. The SMILES string of the molecule is CC/C=C\C/C=C\C/C=C\C/C=C\C/C=C\CCCC(=O)OC(COCCCCCCCCCC/C=C\C/C=C\CCCCC)COC(=O)CCCCCCCCCCC/C=C\C/C=C\CCCCC. The van der Waals surface area contributed by atoms with Gasteiger partial charge in [0.2, 0.25) is 0 Å². The van der Waals surface area contributed by atoms with Crippen molar-refractivity contribution in [3.05, 3.63) is 109 Å². The Bertz CT molecular complexity index is 1380. The van der Waals surface area contributed by atoms with Gasteiger partial charge in [-0.15, -0.1) is 0 Å². The summed E-state index contributed by atoms with van der Waals surface area (Å²) in [4.78, 5) is 25.5. The Labute approximate surface area is 434 Å². The molecule has 0 N–H and O–H groups in total. The first kappa shape index (κ1) is 66.6. The summed E-state index contributed by atoms with van der Waals surface area (Å²) in [7, 11) is 0. The van der Waals surface area contributed by atoms with E-state index in [-0.39, 0.29) is 25.2 Å². The van der Waals surface area contributed by atoms with Gasteiger partial charge in [-0.05, 0) is 122 Å². The molecule has 0 aliphatic carbocycles. The highest BCUT2D eigenvalue weighted by Crippen LogP contribution is 2.14. The molecule has 0 aliphatic heterocycles. The van der Waals surface area contributed by atoms with E-state index in [9.17, 15) is 9.59 Å². The first-order valence-electron chi connectivity index (χ1n) is 29.4. The van der Waals surface area contributed by atoms with Crippen molar-refractivity contribution in [2.45, 2.75) is 271 Å². The predicted octanol–water partition coefficient (Wildman–Crippen LogP) is 20.3. The molecular weight excluding hydrogens is 861 g/mol. The van der Waals surface area contributed by atoms with Crippen molar-refractivity contribution in [3.63, 3.8) is 0 Å². The quantitative estimate of drug-likeness (QED) is 0.0345. The topological polar surface area (TPSA) is 61.8 Å². The smallest absolute Gasteiger partial charge is 0.306 e. The molecule has 0 spiro atoms. The first-order valence-corrected chi connectivity index (χ1v) is 29.4. The molecule has 0 aromatic heterocycles. The van der Waals surface area contributed by atoms with Gasteiger partial charge in [0.15, 0.2) is 6.10 Å². The van der Waals surface area contributed by atoms with Crippen LogP contribution in [0.15, 0.2) is 109 Å². The average Bonchev–Trinajstić information content (AvgIpc) is 3.36. The molecule has 0 rings (SSSR count). The fourth-order valence-electron chi connectivity index (χ4n) is 7.90. The van der Waals surface area contributed by atoms with Crippen molar-refractivity contribution in [3.8, 4) is 0 Å². The lowest BCUT2D eigenvalue weighted by Crippen LogP contribution is -2.30. The molecule has 0 aliphatic rings. The minimum atomic E-state index is -0.578. The third-order valence-electron chi connectivity index (χ3n) is 12.3. The summed E-state index contributed by atoms with van der Waals surface area (Å²) in [5.41, 5.74) is 0. The Balaban J connectivity index is 4.38. The van der Waals surface area contributed by atoms with Gasteiger partial charge in [0.05, 0.1) is 6.61 Å². The summed E-state index contributed by atoms with van der Waals surface area (Å²) >= 11 is 0. The van der Waals surface area contributed by atoms with E-state index in [2.05, 4.69) is 130 Å². The highest BCUT2D eigenvalue weighted by molar-refractivity contribution is 5.70. The van der Waals surface area contributed by atoms with Crippen LogP contribution in [-0.4, -0.2) is 37.9 Å². The van der Waals surface area contributed by atoms with Gasteiger partial charge in [-0.1, -0.05) is 239 Å². The van der Waals surface area contributed by atoms with Gasteiger partial charge in [0.25, 0.3) is 0 Å².